The Morgan fingerprint density at radius 3 is 3.13 bits per heavy atom. The molecule has 3 nitrogen and oxygen atoms in total. The van der Waals surface area contributed by atoms with Crippen LogP contribution in [0.3, 0.4) is 0 Å². The molecule has 2 N–H and O–H groups in total. The Hall–Kier alpha value is -0.470. The van der Waals surface area contributed by atoms with Crippen molar-refractivity contribution in [3.05, 3.63) is 35.9 Å². The predicted octanol–water partition coefficient (Wildman–Crippen LogP) is 1.86. The molecule has 15 heavy (non-hydrogen) atoms. The summed E-state index contributed by atoms with van der Waals surface area (Å²) in [6.45, 7) is 0. The van der Waals surface area contributed by atoms with Gasteiger partial charge in [-0.2, -0.15) is 0 Å². The lowest BCUT2D eigenvalue weighted by Gasteiger charge is -2.33. The van der Waals surface area contributed by atoms with Gasteiger partial charge in [0.25, 0.3) is 0 Å². The van der Waals surface area contributed by atoms with E-state index in [1.54, 1.807) is 0 Å². The highest BCUT2D eigenvalue weighted by molar-refractivity contribution is 7.57. The van der Waals surface area contributed by atoms with Crippen molar-refractivity contribution in [2.45, 2.75) is 18.3 Å². The van der Waals surface area contributed by atoms with E-state index >= 15 is 0 Å². The minimum atomic E-state index is -0.834. The van der Waals surface area contributed by atoms with E-state index in [0.29, 0.717) is 6.35 Å². The molecular weight excluding hydrogens is 211 g/mol. The molecule has 0 amide bonds. The zero-order valence-corrected chi connectivity index (χ0v) is 9.10. The van der Waals surface area contributed by atoms with E-state index in [9.17, 15) is 0 Å². The van der Waals surface area contributed by atoms with Gasteiger partial charge in [-0.1, -0.05) is 30.3 Å². The van der Waals surface area contributed by atoms with Crippen molar-refractivity contribution >= 4 is 7.92 Å². The third kappa shape index (κ3) is 2.56. The molecule has 0 aromatic heterocycles. The van der Waals surface area contributed by atoms with Gasteiger partial charge >= 0.3 is 0 Å². The number of aliphatic hydroxyl groups excluding tert-OH is 2. The summed E-state index contributed by atoms with van der Waals surface area (Å²) in [5.41, 5.74) is 0.932. The summed E-state index contributed by atoms with van der Waals surface area (Å²) in [7, 11) is -0.766. The van der Waals surface area contributed by atoms with Gasteiger partial charge in [-0.25, -0.2) is 0 Å². The zero-order chi connectivity index (χ0) is 13.0. The van der Waals surface area contributed by atoms with Crippen molar-refractivity contribution in [3.63, 3.8) is 0 Å². The van der Waals surface area contributed by atoms with Gasteiger partial charge in [0.15, 0.2) is 6.29 Å². The van der Waals surface area contributed by atoms with Crippen LogP contribution in [0.5, 0.6) is 0 Å². The molecule has 0 saturated carbocycles. The lowest BCUT2D eigenvalue weighted by molar-refractivity contribution is -0.0937. The van der Waals surface area contributed by atoms with E-state index in [0.717, 1.165) is 5.56 Å². The predicted molar refractivity (Wildman–Crippen MR) is 59.8 cm³/mol. The first-order valence-electron chi connectivity index (χ1n) is 6.20. The van der Waals surface area contributed by atoms with Crippen LogP contribution in [0, 0.1) is 0 Å². The van der Waals surface area contributed by atoms with Crippen molar-refractivity contribution in [1.82, 2.24) is 0 Å². The van der Waals surface area contributed by atoms with Gasteiger partial charge in [0.05, 0.1) is 12.7 Å². The molecule has 1 aromatic rings. The largest absolute Gasteiger partial charge is 0.392 e. The Bertz CT molecular complexity index is 366. The highest BCUT2D eigenvalue weighted by atomic mass is 31.1. The summed E-state index contributed by atoms with van der Waals surface area (Å²) in [5.74, 6) is 0. The molecule has 4 unspecified atom stereocenters. The number of benzene rings is 1. The van der Waals surface area contributed by atoms with Crippen LogP contribution < -0.4 is 0 Å². The Morgan fingerprint density at radius 2 is 2.40 bits per heavy atom. The van der Waals surface area contributed by atoms with Gasteiger partial charge in [-0.15, -0.1) is 0 Å². The summed E-state index contributed by atoms with van der Waals surface area (Å²) in [6, 6.07) is 9.67. The molecule has 4 atom stereocenters. The molecule has 1 aliphatic rings. The third-order valence-corrected chi connectivity index (χ3v) is 4.51. The second kappa shape index (κ2) is 5.04. The van der Waals surface area contributed by atoms with Crippen molar-refractivity contribution in [2.24, 2.45) is 0 Å². The van der Waals surface area contributed by atoms with Crippen LogP contribution in [0.1, 0.15) is 19.0 Å². The number of aliphatic hydroxyl groups is 2. The van der Waals surface area contributed by atoms with Gasteiger partial charge in [0.1, 0.15) is 0 Å². The maximum Gasteiger partial charge on any atom is 0.213 e. The number of hydrogen-bond acceptors (Lipinski definition) is 3. The molecule has 1 heterocycles. The van der Waals surface area contributed by atoms with Crippen LogP contribution in [-0.4, -0.2) is 32.1 Å². The van der Waals surface area contributed by atoms with Gasteiger partial charge in [0, 0.05) is 13.4 Å². The van der Waals surface area contributed by atoms with Crippen LogP contribution in [0.15, 0.2) is 30.3 Å². The molecule has 4 heteroatoms. The van der Waals surface area contributed by atoms with Gasteiger partial charge in [-0.05, 0) is 13.5 Å². The Morgan fingerprint density at radius 1 is 1.53 bits per heavy atom. The Balaban J connectivity index is 2.23. The summed E-state index contributed by atoms with van der Waals surface area (Å²) in [5, 5.41) is 8.92. The highest BCUT2D eigenvalue weighted by Crippen LogP contribution is 2.55. The molecule has 1 saturated heterocycles. The standard InChI is InChI=1S/C11H15O3P/c12-7-15-8-14-11(13)6-10(15)9-4-2-1-3-5-9/h1-5,10-13H,6-8H2/i6D,12D,13D. The maximum atomic E-state index is 8.16. The average Bonchev–Trinajstić information content (AvgIpc) is 2.40. The first-order valence-corrected chi connectivity index (χ1v) is 6.59. The van der Waals surface area contributed by atoms with E-state index < -0.39 is 20.6 Å². The first-order chi connectivity index (χ1) is 8.77. The molecule has 82 valence electrons. The van der Waals surface area contributed by atoms with E-state index in [4.69, 9.17) is 8.97 Å². The summed E-state index contributed by atoms with van der Waals surface area (Å²) in [6.07, 6.45) is -0.832. The van der Waals surface area contributed by atoms with Gasteiger partial charge in [0.2, 0.25) is 2.86 Å². The van der Waals surface area contributed by atoms with E-state index in [-0.39, 0.29) is 12.0 Å². The number of hydrogen-bond donors (Lipinski definition) is 2. The molecule has 1 aliphatic heterocycles. The van der Waals surface area contributed by atoms with E-state index in [1.807, 2.05) is 30.3 Å². The molecule has 0 aliphatic carbocycles. The minimum Gasteiger partial charge on any atom is -0.392 e. The summed E-state index contributed by atoms with van der Waals surface area (Å²) < 4.78 is 27.3. The second-order valence-corrected chi connectivity index (χ2v) is 5.68. The molecule has 1 fully saturated rings. The monoisotopic (exact) mass is 229 g/mol. The third-order valence-electron chi connectivity index (χ3n) is 2.44. The van der Waals surface area contributed by atoms with Crippen LogP contribution in [0.2, 0.25) is 0 Å². The summed E-state index contributed by atoms with van der Waals surface area (Å²) in [4.78, 5) is 0. The van der Waals surface area contributed by atoms with Crippen LogP contribution in [-0.2, 0) is 4.74 Å². The van der Waals surface area contributed by atoms with E-state index in [2.05, 4.69) is 10.2 Å². The molecule has 2 rings (SSSR count). The van der Waals surface area contributed by atoms with Crippen LogP contribution in [0.4, 0.5) is 0 Å². The minimum absolute atomic E-state index is 0.0874. The van der Waals surface area contributed by atoms with Gasteiger partial charge < -0.3 is 15.0 Å². The quantitative estimate of drug-likeness (QED) is 0.775. The van der Waals surface area contributed by atoms with Crippen LogP contribution in [0.25, 0.3) is 0 Å². The van der Waals surface area contributed by atoms with Gasteiger partial charge in [-0.3, -0.25) is 0 Å². The molecule has 0 bridgehead atoms. The zero-order valence-electron chi connectivity index (χ0n) is 11.2. The van der Waals surface area contributed by atoms with Crippen molar-refractivity contribution < 1.29 is 16.3 Å². The fraction of sp³-hybridized carbons (Fsp3) is 0.455. The fourth-order valence-corrected chi connectivity index (χ4v) is 3.38. The molecule has 0 radical (unpaired) electrons. The SMILES string of the molecule is [2H]OCP1COC(O[2H])C([2H])C1c1ccccc1. The molecule has 1 aromatic carbocycles. The lowest BCUT2D eigenvalue weighted by Crippen LogP contribution is -2.23. The first kappa shape index (κ1) is 7.75. The van der Waals surface area contributed by atoms with E-state index in [1.165, 1.54) is 0 Å². The fourth-order valence-electron chi connectivity index (χ4n) is 1.67. The van der Waals surface area contributed by atoms with Crippen LogP contribution >= 0.6 is 7.92 Å². The topological polar surface area (TPSA) is 49.7 Å². The van der Waals surface area contributed by atoms with Crippen molar-refractivity contribution in [2.75, 3.05) is 12.7 Å². The smallest absolute Gasteiger partial charge is 0.213 e. The highest BCUT2D eigenvalue weighted by Gasteiger charge is 2.30. The average molecular weight is 229 g/mol. The maximum absolute atomic E-state index is 8.16. The van der Waals surface area contributed by atoms with Crippen molar-refractivity contribution in [1.29, 1.82) is 2.86 Å². The lowest BCUT2D eigenvalue weighted by atomic mass is 10.1. The number of rotatable bonds is 4. The summed E-state index contributed by atoms with van der Waals surface area (Å²) >= 11 is 0. The Labute approximate surface area is 94.8 Å². The normalized spacial score (nSPS) is 39.1. The number of ether oxygens (including phenoxy) is 1. The van der Waals surface area contributed by atoms with Crippen molar-refractivity contribution in [3.8, 4) is 0 Å². The molecule has 0 spiro atoms. The molecular formula is C11H15O3P. The second-order valence-electron chi connectivity index (χ2n) is 3.43. The Kier molecular flexibility index (Phi) is 2.60.